The molecular weight excluding hydrogens is 258 g/mol. The first-order chi connectivity index (χ1) is 10.2. The highest BCUT2D eigenvalue weighted by Crippen LogP contribution is 2.34. The van der Waals surface area contributed by atoms with E-state index in [4.69, 9.17) is 0 Å². The maximum absolute atomic E-state index is 4.62. The Morgan fingerprint density at radius 1 is 1.38 bits per heavy atom. The minimum Gasteiger partial charge on any atom is -0.308 e. The summed E-state index contributed by atoms with van der Waals surface area (Å²) in [4.78, 5) is 7.33. The molecule has 0 radical (unpaired) electrons. The molecule has 1 N–H and O–H groups in total. The average molecular weight is 287 g/mol. The number of pyridine rings is 1. The molecule has 3 nitrogen and oxygen atoms in total. The van der Waals surface area contributed by atoms with E-state index in [9.17, 15) is 0 Å². The topological polar surface area (TPSA) is 28.2 Å². The first kappa shape index (κ1) is 15.0. The van der Waals surface area contributed by atoms with Crippen molar-refractivity contribution in [2.75, 3.05) is 13.1 Å². The van der Waals surface area contributed by atoms with E-state index in [1.807, 2.05) is 12.3 Å². The lowest BCUT2D eigenvalue weighted by Gasteiger charge is -2.46. The molecule has 0 amide bonds. The van der Waals surface area contributed by atoms with Crippen LogP contribution in [0.25, 0.3) is 0 Å². The molecule has 1 aliphatic heterocycles. The van der Waals surface area contributed by atoms with Crippen LogP contribution in [0.1, 0.15) is 56.7 Å². The molecule has 2 aliphatic rings. The van der Waals surface area contributed by atoms with Crippen molar-refractivity contribution < 1.29 is 0 Å². The molecule has 1 aliphatic carbocycles. The molecule has 0 aromatic carbocycles. The second kappa shape index (κ2) is 6.45. The average Bonchev–Trinajstić information content (AvgIpc) is 2.93. The van der Waals surface area contributed by atoms with E-state index in [0.29, 0.717) is 11.6 Å². The van der Waals surface area contributed by atoms with Crippen LogP contribution in [0.5, 0.6) is 0 Å². The maximum Gasteiger partial charge on any atom is 0.0573 e. The van der Waals surface area contributed by atoms with Gasteiger partial charge >= 0.3 is 0 Å². The number of piperazine rings is 1. The highest BCUT2D eigenvalue weighted by atomic mass is 15.3. The van der Waals surface area contributed by atoms with Crippen LogP contribution >= 0.6 is 0 Å². The number of aromatic nitrogens is 1. The number of aryl methyl sites for hydroxylation is 1. The quantitative estimate of drug-likeness (QED) is 0.921. The van der Waals surface area contributed by atoms with Crippen LogP contribution in [-0.2, 0) is 6.54 Å². The number of hydrogen-bond acceptors (Lipinski definition) is 3. The van der Waals surface area contributed by atoms with Gasteiger partial charge in [0.25, 0.3) is 0 Å². The molecule has 1 unspecified atom stereocenters. The summed E-state index contributed by atoms with van der Waals surface area (Å²) in [5.74, 6) is 0. The standard InChI is InChI=1S/C18H29N3/c1-3-7-16-12-20-18(9-4-5-10-18)14-21(16)13-17-15(2)8-6-11-19-17/h6,8,11,16,20H,3-5,7,9-10,12-14H2,1-2H3. The molecule has 0 bridgehead atoms. The predicted molar refractivity (Wildman–Crippen MR) is 87.3 cm³/mol. The summed E-state index contributed by atoms with van der Waals surface area (Å²) in [6, 6.07) is 4.89. The SMILES string of the molecule is CCCC1CNC2(CCCC2)CN1Cc1ncccc1C. The Hall–Kier alpha value is -0.930. The number of nitrogens with zero attached hydrogens (tertiary/aromatic N) is 2. The van der Waals surface area contributed by atoms with Gasteiger partial charge in [-0.3, -0.25) is 9.88 Å². The Morgan fingerprint density at radius 2 is 2.19 bits per heavy atom. The van der Waals surface area contributed by atoms with Gasteiger partial charge in [0.1, 0.15) is 0 Å². The van der Waals surface area contributed by atoms with Crippen LogP contribution in [0.4, 0.5) is 0 Å². The van der Waals surface area contributed by atoms with Crippen molar-refractivity contribution in [1.29, 1.82) is 0 Å². The van der Waals surface area contributed by atoms with Crippen molar-refractivity contribution in [1.82, 2.24) is 15.2 Å². The number of nitrogens with one attached hydrogen (secondary N) is 1. The second-order valence-corrected chi connectivity index (χ2v) is 6.98. The smallest absolute Gasteiger partial charge is 0.0573 e. The van der Waals surface area contributed by atoms with Crippen molar-refractivity contribution in [3.8, 4) is 0 Å². The first-order valence-electron chi connectivity index (χ1n) is 8.62. The lowest BCUT2D eigenvalue weighted by atomic mass is 9.91. The van der Waals surface area contributed by atoms with Crippen molar-refractivity contribution in [2.24, 2.45) is 0 Å². The maximum atomic E-state index is 4.62. The Morgan fingerprint density at radius 3 is 2.90 bits per heavy atom. The molecule has 1 atom stereocenters. The third kappa shape index (κ3) is 3.29. The summed E-state index contributed by atoms with van der Waals surface area (Å²) in [5.41, 5.74) is 2.98. The molecule has 1 saturated carbocycles. The number of hydrogen-bond donors (Lipinski definition) is 1. The van der Waals surface area contributed by atoms with E-state index in [1.165, 1.54) is 56.3 Å². The fourth-order valence-corrected chi connectivity index (χ4v) is 4.10. The fraction of sp³-hybridized carbons (Fsp3) is 0.722. The van der Waals surface area contributed by atoms with E-state index in [2.05, 4.69) is 35.1 Å². The summed E-state index contributed by atoms with van der Waals surface area (Å²) in [7, 11) is 0. The van der Waals surface area contributed by atoms with Crippen LogP contribution in [0.2, 0.25) is 0 Å². The van der Waals surface area contributed by atoms with Gasteiger partial charge in [-0.15, -0.1) is 0 Å². The zero-order valence-electron chi connectivity index (χ0n) is 13.6. The van der Waals surface area contributed by atoms with Crippen molar-refractivity contribution in [3.63, 3.8) is 0 Å². The molecule has 1 spiro atoms. The molecule has 21 heavy (non-hydrogen) atoms. The van der Waals surface area contributed by atoms with Gasteiger partial charge in [-0.2, -0.15) is 0 Å². The normalized spacial score (nSPS) is 25.5. The van der Waals surface area contributed by atoms with E-state index in [0.717, 1.165) is 13.1 Å². The van der Waals surface area contributed by atoms with Gasteiger partial charge in [-0.1, -0.05) is 32.3 Å². The van der Waals surface area contributed by atoms with Crippen molar-refractivity contribution >= 4 is 0 Å². The van der Waals surface area contributed by atoms with Gasteiger partial charge in [0, 0.05) is 37.4 Å². The minimum absolute atomic E-state index is 0.396. The van der Waals surface area contributed by atoms with Crippen LogP contribution < -0.4 is 5.32 Å². The van der Waals surface area contributed by atoms with Gasteiger partial charge in [-0.05, 0) is 37.8 Å². The van der Waals surface area contributed by atoms with Crippen LogP contribution in [0.3, 0.4) is 0 Å². The summed E-state index contributed by atoms with van der Waals surface area (Å²) in [5, 5.41) is 3.90. The third-order valence-corrected chi connectivity index (χ3v) is 5.39. The number of rotatable bonds is 4. The summed E-state index contributed by atoms with van der Waals surface area (Å²) >= 11 is 0. The highest BCUT2D eigenvalue weighted by molar-refractivity contribution is 5.18. The lowest BCUT2D eigenvalue weighted by Crippen LogP contribution is -2.62. The Kier molecular flexibility index (Phi) is 4.60. The van der Waals surface area contributed by atoms with Gasteiger partial charge in [-0.25, -0.2) is 0 Å². The van der Waals surface area contributed by atoms with E-state index in [1.54, 1.807) is 0 Å². The molecule has 2 fully saturated rings. The van der Waals surface area contributed by atoms with Gasteiger partial charge in [0.15, 0.2) is 0 Å². The van der Waals surface area contributed by atoms with Gasteiger partial charge in [0.2, 0.25) is 0 Å². The molecule has 1 saturated heterocycles. The van der Waals surface area contributed by atoms with E-state index >= 15 is 0 Å². The highest BCUT2D eigenvalue weighted by Gasteiger charge is 2.40. The van der Waals surface area contributed by atoms with E-state index < -0.39 is 0 Å². The molecule has 1 aromatic heterocycles. The Balaban J connectivity index is 1.75. The lowest BCUT2D eigenvalue weighted by molar-refractivity contribution is 0.0677. The zero-order chi connectivity index (χ0) is 14.7. The molecule has 2 heterocycles. The van der Waals surface area contributed by atoms with Gasteiger partial charge < -0.3 is 5.32 Å². The first-order valence-corrected chi connectivity index (χ1v) is 8.62. The van der Waals surface area contributed by atoms with Gasteiger partial charge in [0.05, 0.1) is 5.69 Å². The largest absolute Gasteiger partial charge is 0.308 e. The zero-order valence-corrected chi connectivity index (χ0v) is 13.6. The van der Waals surface area contributed by atoms with Crippen molar-refractivity contribution in [2.45, 2.75) is 70.5 Å². The van der Waals surface area contributed by atoms with Crippen LogP contribution in [-0.4, -0.2) is 34.6 Å². The van der Waals surface area contributed by atoms with Crippen LogP contribution in [0.15, 0.2) is 18.3 Å². The Bertz CT molecular complexity index is 465. The molecular formula is C18H29N3. The summed E-state index contributed by atoms with van der Waals surface area (Å²) in [6.07, 6.45) is 9.97. The molecule has 116 valence electrons. The predicted octanol–water partition coefficient (Wildman–Crippen LogP) is 3.28. The molecule has 3 heteroatoms. The molecule has 3 rings (SSSR count). The third-order valence-electron chi connectivity index (χ3n) is 5.39. The van der Waals surface area contributed by atoms with Crippen LogP contribution in [0, 0.1) is 6.92 Å². The molecule has 1 aromatic rings. The second-order valence-electron chi connectivity index (χ2n) is 6.98. The van der Waals surface area contributed by atoms with E-state index in [-0.39, 0.29) is 0 Å². The monoisotopic (exact) mass is 287 g/mol. The minimum atomic E-state index is 0.396. The summed E-state index contributed by atoms with van der Waals surface area (Å²) in [6.45, 7) is 7.85. The summed E-state index contributed by atoms with van der Waals surface area (Å²) < 4.78 is 0. The fourth-order valence-electron chi connectivity index (χ4n) is 4.10. The Labute approximate surface area is 129 Å². The van der Waals surface area contributed by atoms with Crippen molar-refractivity contribution in [3.05, 3.63) is 29.6 Å².